The first kappa shape index (κ1) is 19.1. The van der Waals surface area contributed by atoms with E-state index in [-0.39, 0.29) is 23.3 Å². The van der Waals surface area contributed by atoms with Crippen LogP contribution in [0.4, 0.5) is 5.69 Å². The standard InChI is InChI=1S/C21H28N4O2/c1-13-10-15-12-22-24-18(15)17(11-13)20(27)25(5)16-8-6-14(7-9-16)19(26)23-21(2,3)4/h6-9,12-13,17H,10-11H2,1-5H3,(H,22,24)(H,23,26). The largest absolute Gasteiger partial charge is 0.347 e. The van der Waals surface area contributed by atoms with Crippen LogP contribution in [0.25, 0.3) is 0 Å². The highest BCUT2D eigenvalue weighted by Gasteiger charge is 2.33. The predicted molar refractivity (Wildman–Crippen MR) is 106 cm³/mol. The van der Waals surface area contributed by atoms with Crippen molar-refractivity contribution in [3.05, 3.63) is 47.3 Å². The zero-order valence-corrected chi connectivity index (χ0v) is 16.7. The minimum absolute atomic E-state index is 0.0407. The van der Waals surface area contributed by atoms with E-state index in [2.05, 4.69) is 22.4 Å². The molecule has 27 heavy (non-hydrogen) atoms. The maximum Gasteiger partial charge on any atom is 0.251 e. The SMILES string of the molecule is CC1Cc2cn[nH]c2C(C(=O)N(C)c2ccc(C(=O)NC(C)(C)C)cc2)C1. The fraction of sp³-hybridized carbons (Fsp3) is 0.476. The lowest BCUT2D eigenvalue weighted by Crippen LogP contribution is -2.40. The Morgan fingerprint density at radius 2 is 1.89 bits per heavy atom. The van der Waals surface area contributed by atoms with Crippen LogP contribution in [0, 0.1) is 5.92 Å². The highest BCUT2D eigenvalue weighted by atomic mass is 16.2. The number of carbonyl (C=O) groups is 2. The summed E-state index contributed by atoms with van der Waals surface area (Å²) in [6.45, 7) is 8.00. The van der Waals surface area contributed by atoms with Crippen LogP contribution >= 0.6 is 0 Å². The van der Waals surface area contributed by atoms with E-state index in [0.717, 1.165) is 29.8 Å². The number of rotatable bonds is 3. The summed E-state index contributed by atoms with van der Waals surface area (Å²) in [4.78, 5) is 27.0. The number of aromatic nitrogens is 2. The highest BCUT2D eigenvalue weighted by Crippen LogP contribution is 2.35. The molecular weight excluding hydrogens is 340 g/mol. The van der Waals surface area contributed by atoms with Gasteiger partial charge in [-0.2, -0.15) is 5.10 Å². The summed E-state index contributed by atoms with van der Waals surface area (Å²) in [5, 5.41) is 10.1. The number of benzene rings is 1. The van der Waals surface area contributed by atoms with E-state index in [1.807, 2.05) is 39.1 Å². The molecule has 2 aromatic rings. The van der Waals surface area contributed by atoms with Gasteiger partial charge in [0.1, 0.15) is 0 Å². The van der Waals surface area contributed by atoms with E-state index in [4.69, 9.17) is 0 Å². The molecule has 1 aliphatic rings. The van der Waals surface area contributed by atoms with Crippen LogP contribution in [-0.4, -0.2) is 34.6 Å². The van der Waals surface area contributed by atoms with Gasteiger partial charge in [-0.25, -0.2) is 0 Å². The molecule has 2 atom stereocenters. The first-order chi connectivity index (χ1) is 12.7. The molecule has 0 saturated carbocycles. The molecule has 144 valence electrons. The maximum atomic E-state index is 13.1. The number of likely N-dealkylation sites (N-methyl/N-ethyl adjacent to an activating group) is 1. The number of carbonyl (C=O) groups excluding carboxylic acids is 2. The van der Waals surface area contributed by atoms with Gasteiger partial charge >= 0.3 is 0 Å². The molecule has 0 radical (unpaired) electrons. The summed E-state index contributed by atoms with van der Waals surface area (Å²) in [5.74, 6) is 0.159. The van der Waals surface area contributed by atoms with E-state index in [1.165, 1.54) is 0 Å². The lowest BCUT2D eigenvalue weighted by atomic mass is 9.81. The summed E-state index contributed by atoms with van der Waals surface area (Å²) < 4.78 is 0. The van der Waals surface area contributed by atoms with Gasteiger partial charge in [0.25, 0.3) is 5.91 Å². The Hall–Kier alpha value is -2.63. The lowest BCUT2D eigenvalue weighted by molar-refractivity contribution is -0.120. The molecule has 0 fully saturated rings. The van der Waals surface area contributed by atoms with Crippen molar-refractivity contribution in [2.75, 3.05) is 11.9 Å². The van der Waals surface area contributed by atoms with Crippen LogP contribution in [-0.2, 0) is 11.2 Å². The first-order valence-corrected chi connectivity index (χ1v) is 9.38. The third-order valence-electron chi connectivity index (χ3n) is 4.94. The van der Waals surface area contributed by atoms with Crippen molar-refractivity contribution in [1.29, 1.82) is 0 Å². The number of hydrogen-bond acceptors (Lipinski definition) is 3. The average molecular weight is 368 g/mol. The van der Waals surface area contributed by atoms with Crippen LogP contribution in [0.5, 0.6) is 0 Å². The lowest BCUT2D eigenvalue weighted by Gasteiger charge is -2.29. The Morgan fingerprint density at radius 1 is 1.22 bits per heavy atom. The van der Waals surface area contributed by atoms with E-state index in [1.54, 1.807) is 24.1 Å². The molecule has 1 aromatic heterocycles. The van der Waals surface area contributed by atoms with E-state index in [9.17, 15) is 9.59 Å². The van der Waals surface area contributed by atoms with Gasteiger partial charge in [-0.1, -0.05) is 6.92 Å². The number of nitrogens with one attached hydrogen (secondary N) is 2. The van der Waals surface area contributed by atoms with E-state index >= 15 is 0 Å². The smallest absolute Gasteiger partial charge is 0.251 e. The van der Waals surface area contributed by atoms with Crippen molar-refractivity contribution in [3.8, 4) is 0 Å². The van der Waals surface area contributed by atoms with Crippen LogP contribution in [0.2, 0.25) is 0 Å². The van der Waals surface area contributed by atoms with Crippen molar-refractivity contribution in [2.45, 2.75) is 52.0 Å². The van der Waals surface area contributed by atoms with Crippen molar-refractivity contribution in [1.82, 2.24) is 15.5 Å². The third kappa shape index (κ3) is 4.21. The molecule has 1 aromatic carbocycles. The van der Waals surface area contributed by atoms with Crippen molar-refractivity contribution in [2.24, 2.45) is 5.92 Å². The Kier molecular flexibility index (Phi) is 5.09. The number of aromatic amines is 1. The number of nitrogens with zero attached hydrogens (tertiary/aromatic N) is 2. The quantitative estimate of drug-likeness (QED) is 0.873. The van der Waals surface area contributed by atoms with Gasteiger partial charge in [0.15, 0.2) is 0 Å². The first-order valence-electron chi connectivity index (χ1n) is 9.38. The third-order valence-corrected chi connectivity index (χ3v) is 4.94. The second kappa shape index (κ2) is 7.18. The number of anilines is 1. The number of fused-ring (bicyclic) bond motifs is 1. The Balaban J connectivity index is 1.76. The Morgan fingerprint density at radius 3 is 2.52 bits per heavy atom. The van der Waals surface area contributed by atoms with Gasteiger partial charge in [0.2, 0.25) is 5.91 Å². The van der Waals surface area contributed by atoms with Crippen LogP contribution in [0.15, 0.2) is 30.5 Å². The minimum Gasteiger partial charge on any atom is -0.347 e. The van der Waals surface area contributed by atoms with Gasteiger partial charge in [0, 0.05) is 23.8 Å². The van der Waals surface area contributed by atoms with Gasteiger partial charge in [-0.05, 0) is 69.4 Å². The Bertz CT molecular complexity index is 833. The molecule has 2 amide bonds. The summed E-state index contributed by atoms with van der Waals surface area (Å²) in [6, 6.07) is 7.14. The molecule has 1 heterocycles. The second-order valence-corrected chi connectivity index (χ2v) is 8.55. The fourth-order valence-electron chi connectivity index (χ4n) is 3.60. The van der Waals surface area contributed by atoms with Gasteiger partial charge in [-0.3, -0.25) is 14.7 Å². The van der Waals surface area contributed by atoms with Gasteiger partial charge in [0.05, 0.1) is 17.8 Å². The van der Waals surface area contributed by atoms with Gasteiger partial charge < -0.3 is 10.2 Å². The number of amides is 2. The van der Waals surface area contributed by atoms with Crippen molar-refractivity contribution >= 4 is 17.5 Å². The molecule has 0 spiro atoms. The van der Waals surface area contributed by atoms with E-state index in [0.29, 0.717) is 11.5 Å². The number of hydrogen-bond donors (Lipinski definition) is 2. The average Bonchev–Trinajstić information content (AvgIpc) is 3.06. The summed E-state index contributed by atoms with van der Waals surface area (Å²) in [7, 11) is 1.78. The molecule has 0 saturated heterocycles. The normalized spacial score (nSPS) is 19.3. The minimum atomic E-state index is -0.290. The second-order valence-electron chi connectivity index (χ2n) is 8.55. The van der Waals surface area contributed by atoms with Gasteiger partial charge in [-0.15, -0.1) is 0 Å². The molecular formula is C21H28N4O2. The highest BCUT2D eigenvalue weighted by molar-refractivity contribution is 5.99. The summed E-state index contributed by atoms with van der Waals surface area (Å²) >= 11 is 0. The summed E-state index contributed by atoms with van der Waals surface area (Å²) in [5.41, 5.74) is 3.13. The molecule has 2 unspecified atom stereocenters. The fourth-order valence-corrected chi connectivity index (χ4v) is 3.60. The number of H-pyrrole nitrogens is 1. The molecule has 0 aliphatic heterocycles. The molecule has 0 bridgehead atoms. The van der Waals surface area contributed by atoms with Crippen molar-refractivity contribution in [3.63, 3.8) is 0 Å². The molecule has 1 aliphatic carbocycles. The van der Waals surface area contributed by atoms with Crippen molar-refractivity contribution < 1.29 is 9.59 Å². The molecule has 2 N–H and O–H groups in total. The predicted octanol–water partition coefficient (Wildman–Crippen LogP) is 3.27. The Labute approximate surface area is 160 Å². The zero-order valence-electron chi connectivity index (χ0n) is 16.7. The topological polar surface area (TPSA) is 78.1 Å². The zero-order chi connectivity index (χ0) is 19.8. The van der Waals surface area contributed by atoms with Crippen LogP contribution in [0.3, 0.4) is 0 Å². The summed E-state index contributed by atoms with van der Waals surface area (Å²) in [6.07, 6.45) is 3.59. The van der Waals surface area contributed by atoms with Crippen LogP contribution < -0.4 is 10.2 Å². The van der Waals surface area contributed by atoms with Crippen LogP contribution in [0.1, 0.15) is 61.6 Å². The molecule has 6 heteroatoms. The molecule has 6 nitrogen and oxygen atoms in total. The van der Waals surface area contributed by atoms with E-state index < -0.39 is 0 Å². The monoisotopic (exact) mass is 368 g/mol. The maximum absolute atomic E-state index is 13.1. The molecule has 3 rings (SSSR count).